The van der Waals surface area contributed by atoms with Gasteiger partial charge in [-0.1, -0.05) is 0 Å². The second-order valence-electron chi connectivity index (χ2n) is 0. The maximum atomic E-state index is 0. The number of rotatable bonds is 0. The molecule has 8 heteroatoms. The quantitative estimate of drug-likeness (QED) is 0.393. The summed E-state index contributed by atoms with van der Waals surface area (Å²) in [6.07, 6.45) is 0. The Morgan fingerprint density at radius 2 is 0.500 bits per heavy atom. The fourth-order valence-electron chi connectivity index (χ4n) is 0. The summed E-state index contributed by atoms with van der Waals surface area (Å²) < 4.78 is 0. The van der Waals surface area contributed by atoms with Gasteiger partial charge in [-0.2, -0.15) is 0 Å². The molecule has 0 fully saturated rings. The Balaban J connectivity index is 0. The molecule has 0 heterocycles. The zero-order chi connectivity index (χ0) is 0. The van der Waals surface area contributed by atoms with Crippen molar-refractivity contribution in [1.29, 1.82) is 0 Å². The average molecular weight is 336 g/mol. The second-order valence-corrected chi connectivity index (χ2v) is 0. The van der Waals surface area contributed by atoms with E-state index in [-0.39, 0.29) is 104 Å². The zero-order valence-corrected chi connectivity index (χ0v) is 6.70. The van der Waals surface area contributed by atoms with Gasteiger partial charge in [0.2, 0.25) is 0 Å². The summed E-state index contributed by atoms with van der Waals surface area (Å²) in [6.45, 7) is 0. The predicted octanol–water partition coefficient (Wildman–Crippen LogP) is -7.06. The SMILES string of the molecule is O.O.O.[AlH3].[AlH3].[GeH4].[Ge].[Ge]. The summed E-state index contributed by atoms with van der Waals surface area (Å²) in [6, 6.07) is 0. The summed E-state index contributed by atoms with van der Waals surface area (Å²) in [5.41, 5.74) is 0. The number of hydrogen-bond acceptors (Lipinski definition) is 0. The standard InChI is InChI=1S/2Al.GeH4.2Ge.3H2O.6H/h;;1H4;;;3*1H2;;;;;;. The molecule has 0 bridgehead atoms. The molecule has 0 rings (SSSR count). The average Bonchev–Trinajstić information content (AvgIpc) is 0. The Bertz CT molecular complexity index is 12.5. The van der Waals surface area contributed by atoms with Gasteiger partial charge >= 0.3 is 17.6 Å². The van der Waals surface area contributed by atoms with Crippen LogP contribution in [0.15, 0.2) is 0 Å². The van der Waals surface area contributed by atoms with Crippen LogP contribution in [0, 0.1) is 0 Å². The first-order chi connectivity index (χ1) is 0. The summed E-state index contributed by atoms with van der Waals surface area (Å²) >= 11 is 0. The Hall–Kier alpha value is 2.57. The van der Waals surface area contributed by atoms with Crippen LogP contribution in [0.1, 0.15) is 0 Å². The third-order valence-corrected chi connectivity index (χ3v) is 0. The summed E-state index contributed by atoms with van der Waals surface area (Å²) in [4.78, 5) is 0. The van der Waals surface area contributed by atoms with Gasteiger partial charge in [0.25, 0.3) is 0 Å². The van der Waals surface area contributed by atoms with Gasteiger partial charge in [-0.15, -0.1) is 0 Å². The molecule has 0 aromatic rings. The van der Waals surface area contributed by atoms with Crippen molar-refractivity contribution in [2.75, 3.05) is 0 Å². The van der Waals surface area contributed by atoms with Crippen LogP contribution in [0.2, 0.25) is 0 Å². The van der Waals surface area contributed by atoms with E-state index in [4.69, 9.17) is 0 Å². The fourth-order valence-corrected chi connectivity index (χ4v) is 0. The first-order valence-electron chi connectivity index (χ1n) is 0. The van der Waals surface area contributed by atoms with Gasteiger partial charge in [-0.05, 0) is 0 Å². The van der Waals surface area contributed by atoms with Crippen molar-refractivity contribution in [3.8, 4) is 0 Å². The van der Waals surface area contributed by atoms with E-state index in [1.165, 1.54) is 0 Å². The van der Waals surface area contributed by atoms with E-state index in [1.54, 1.807) is 0 Å². The molecule has 6 N–H and O–H groups in total. The molecule has 0 spiro atoms. The minimum absolute atomic E-state index is 0. The van der Waals surface area contributed by atoms with Crippen molar-refractivity contribution in [2.24, 2.45) is 0 Å². The van der Waals surface area contributed by atoms with E-state index in [2.05, 4.69) is 0 Å². The molecule has 0 atom stereocenters. The molecule has 0 aliphatic carbocycles. The van der Waals surface area contributed by atoms with Crippen LogP contribution in [-0.2, 0) is 0 Å². The summed E-state index contributed by atoms with van der Waals surface area (Å²) in [5.74, 6) is 0. The zero-order valence-electron chi connectivity index (χ0n) is 2.50. The largest absolute Gasteiger partial charge is 0 e. The molecule has 0 aromatic carbocycles. The van der Waals surface area contributed by atoms with E-state index in [9.17, 15) is 0 Å². The van der Waals surface area contributed by atoms with Gasteiger partial charge < -0.3 is 16.4 Å². The number of hydrogen-bond donors (Lipinski definition) is 0. The normalized spacial score (nSPS) is 0. The van der Waals surface area contributed by atoms with Crippen LogP contribution in [0.5, 0.6) is 0 Å². The minimum atomic E-state index is 0. The molecule has 3 nitrogen and oxygen atoms in total. The molecule has 0 amide bonds. The molecule has 0 aliphatic rings. The van der Waals surface area contributed by atoms with Gasteiger partial charge in [0.1, 0.15) is 0 Å². The summed E-state index contributed by atoms with van der Waals surface area (Å²) in [7, 11) is 0. The summed E-state index contributed by atoms with van der Waals surface area (Å²) in [5, 5.41) is 0. The fraction of sp³-hybridized carbons (Fsp3) is 0. The molecule has 8 heavy (non-hydrogen) atoms. The maximum absolute atomic E-state index is 0. The maximum Gasteiger partial charge on any atom is 0 e. The molecule has 0 aromatic heterocycles. The first-order valence-corrected chi connectivity index (χ1v) is 0. The Labute approximate surface area is 103 Å². The minimum Gasteiger partial charge on any atom is 0 e. The predicted molar refractivity (Wildman–Crippen MR) is 53.6 cm³/mol. The molecule has 8 radical (unpaired) electrons. The van der Waals surface area contributed by atoms with Crippen LogP contribution < -0.4 is 0 Å². The van der Waals surface area contributed by atoms with Crippen LogP contribution in [0.4, 0.5) is 0 Å². The van der Waals surface area contributed by atoms with Gasteiger partial charge in [0.05, 0.1) is 0 Å². The van der Waals surface area contributed by atoms with Crippen LogP contribution >= 0.6 is 0 Å². The van der Waals surface area contributed by atoms with Crippen molar-refractivity contribution in [1.82, 2.24) is 0 Å². The van der Waals surface area contributed by atoms with Crippen molar-refractivity contribution >= 4 is 87.5 Å². The van der Waals surface area contributed by atoms with E-state index in [1.807, 2.05) is 0 Å². The molecular formula is H16Al2Ge3O3. The smallest absolute Gasteiger partial charge is 0 e. The Kier molecular flexibility index (Phi) is 1940. The van der Waals surface area contributed by atoms with Crippen LogP contribution in [0.25, 0.3) is 0 Å². The molecule has 0 unspecified atom stereocenters. The topological polar surface area (TPSA) is 94.5 Å². The monoisotopic (exact) mass is 340 g/mol. The van der Waals surface area contributed by atoms with Gasteiger partial charge in [0.15, 0.2) is 34.7 Å². The molecular weight excluding hydrogens is 320 g/mol. The van der Waals surface area contributed by atoms with Crippen molar-refractivity contribution < 1.29 is 16.4 Å². The molecule has 0 aliphatic heterocycles. The van der Waals surface area contributed by atoms with Gasteiger partial charge in [0, 0.05) is 35.2 Å². The Morgan fingerprint density at radius 3 is 0.500 bits per heavy atom. The molecule has 0 saturated heterocycles. The van der Waals surface area contributed by atoms with Crippen molar-refractivity contribution in [3.63, 3.8) is 0 Å². The van der Waals surface area contributed by atoms with E-state index < -0.39 is 0 Å². The van der Waals surface area contributed by atoms with Gasteiger partial charge in [-0.3, -0.25) is 0 Å². The second kappa shape index (κ2) is 106. The van der Waals surface area contributed by atoms with Crippen molar-refractivity contribution in [3.05, 3.63) is 0 Å². The van der Waals surface area contributed by atoms with Crippen molar-refractivity contribution in [2.45, 2.75) is 0 Å². The molecule has 52 valence electrons. The van der Waals surface area contributed by atoms with Crippen LogP contribution in [0.3, 0.4) is 0 Å². The van der Waals surface area contributed by atoms with Gasteiger partial charge in [-0.25, -0.2) is 0 Å². The van der Waals surface area contributed by atoms with E-state index >= 15 is 0 Å². The van der Waals surface area contributed by atoms with E-state index in [0.29, 0.717) is 0 Å². The van der Waals surface area contributed by atoms with E-state index in [0.717, 1.165) is 0 Å². The third-order valence-electron chi connectivity index (χ3n) is 0. The third kappa shape index (κ3) is 74.3. The van der Waals surface area contributed by atoms with Crippen LogP contribution in [-0.4, -0.2) is 104 Å². The first kappa shape index (κ1) is 146. The molecule has 0 saturated carbocycles. The Morgan fingerprint density at radius 1 is 0.500 bits per heavy atom.